The van der Waals surface area contributed by atoms with E-state index in [1.807, 2.05) is 32.0 Å². The average molecular weight is 267 g/mol. The van der Waals surface area contributed by atoms with Crippen molar-refractivity contribution in [2.45, 2.75) is 19.3 Å². The SMILES string of the molecule is COCC(C)(C)c1noc(-c2ccccc2Cl)n1. The van der Waals surface area contributed by atoms with E-state index < -0.39 is 0 Å². The molecule has 2 aromatic rings. The molecule has 0 saturated carbocycles. The summed E-state index contributed by atoms with van der Waals surface area (Å²) in [5, 5.41) is 4.59. The van der Waals surface area contributed by atoms with Crippen LogP contribution < -0.4 is 0 Å². The molecule has 0 atom stereocenters. The van der Waals surface area contributed by atoms with Gasteiger partial charge in [0, 0.05) is 7.11 Å². The zero-order valence-corrected chi connectivity index (χ0v) is 11.4. The van der Waals surface area contributed by atoms with Gasteiger partial charge in [-0.3, -0.25) is 0 Å². The van der Waals surface area contributed by atoms with Crippen LogP contribution in [-0.4, -0.2) is 23.9 Å². The second-order valence-electron chi connectivity index (χ2n) is 4.72. The van der Waals surface area contributed by atoms with E-state index in [2.05, 4.69) is 10.1 Å². The van der Waals surface area contributed by atoms with Crippen LogP contribution in [0.15, 0.2) is 28.8 Å². The first-order valence-electron chi connectivity index (χ1n) is 5.62. The Hall–Kier alpha value is -1.39. The van der Waals surface area contributed by atoms with Gasteiger partial charge in [-0.1, -0.05) is 42.7 Å². The minimum absolute atomic E-state index is 0.294. The normalized spacial score (nSPS) is 11.8. The summed E-state index contributed by atoms with van der Waals surface area (Å²) in [5.74, 6) is 1.04. The molecular formula is C13H15ClN2O2. The summed E-state index contributed by atoms with van der Waals surface area (Å²) in [5.41, 5.74) is 0.448. The van der Waals surface area contributed by atoms with E-state index in [1.54, 1.807) is 13.2 Å². The predicted molar refractivity (Wildman–Crippen MR) is 69.6 cm³/mol. The van der Waals surface area contributed by atoms with Crippen molar-refractivity contribution in [1.82, 2.24) is 10.1 Å². The molecule has 5 heteroatoms. The van der Waals surface area contributed by atoms with Crippen LogP contribution in [0.2, 0.25) is 5.02 Å². The number of methoxy groups -OCH3 is 1. The Morgan fingerprint density at radius 2 is 2.06 bits per heavy atom. The summed E-state index contributed by atoms with van der Waals surface area (Å²) in [7, 11) is 1.65. The van der Waals surface area contributed by atoms with Crippen molar-refractivity contribution in [2.24, 2.45) is 0 Å². The number of aromatic nitrogens is 2. The van der Waals surface area contributed by atoms with Crippen LogP contribution in [0.4, 0.5) is 0 Å². The Kier molecular flexibility index (Phi) is 3.68. The van der Waals surface area contributed by atoms with Crippen LogP contribution in [0.5, 0.6) is 0 Å². The monoisotopic (exact) mass is 266 g/mol. The predicted octanol–water partition coefficient (Wildman–Crippen LogP) is 3.31. The van der Waals surface area contributed by atoms with Crippen molar-refractivity contribution >= 4 is 11.6 Å². The maximum atomic E-state index is 6.09. The molecule has 0 unspecified atom stereocenters. The van der Waals surface area contributed by atoms with E-state index in [0.717, 1.165) is 5.56 Å². The molecule has 0 spiro atoms. The van der Waals surface area contributed by atoms with Crippen molar-refractivity contribution in [3.63, 3.8) is 0 Å². The van der Waals surface area contributed by atoms with Gasteiger partial charge in [0.05, 0.1) is 22.6 Å². The van der Waals surface area contributed by atoms with E-state index >= 15 is 0 Å². The van der Waals surface area contributed by atoms with Gasteiger partial charge in [0.2, 0.25) is 0 Å². The first-order valence-corrected chi connectivity index (χ1v) is 6.00. The molecule has 1 heterocycles. The average Bonchev–Trinajstić information content (AvgIpc) is 2.79. The Labute approximate surface area is 111 Å². The zero-order chi connectivity index (χ0) is 13.2. The Balaban J connectivity index is 2.34. The summed E-state index contributed by atoms with van der Waals surface area (Å²) < 4.78 is 10.4. The van der Waals surface area contributed by atoms with Crippen LogP contribution in [-0.2, 0) is 10.2 Å². The minimum Gasteiger partial charge on any atom is -0.384 e. The lowest BCUT2D eigenvalue weighted by atomic mass is 9.94. The highest BCUT2D eigenvalue weighted by Crippen LogP contribution is 2.28. The van der Waals surface area contributed by atoms with E-state index in [4.69, 9.17) is 20.9 Å². The Bertz CT molecular complexity index is 537. The van der Waals surface area contributed by atoms with E-state index in [-0.39, 0.29) is 5.41 Å². The summed E-state index contributed by atoms with van der Waals surface area (Å²) >= 11 is 6.09. The Morgan fingerprint density at radius 1 is 1.33 bits per heavy atom. The molecule has 0 bridgehead atoms. The topological polar surface area (TPSA) is 48.2 Å². The number of rotatable bonds is 4. The fourth-order valence-electron chi connectivity index (χ4n) is 1.67. The van der Waals surface area contributed by atoms with Crippen molar-refractivity contribution in [2.75, 3.05) is 13.7 Å². The number of hydrogen-bond donors (Lipinski definition) is 0. The first kappa shape index (κ1) is 13.1. The molecular weight excluding hydrogens is 252 g/mol. The van der Waals surface area contributed by atoms with Gasteiger partial charge < -0.3 is 9.26 Å². The lowest BCUT2D eigenvalue weighted by molar-refractivity contribution is 0.141. The van der Waals surface area contributed by atoms with Crippen LogP contribution in [0.25, 0.3) is 11.5 Å². The van der Waals surface area contributed by atoms with Crippen LogP contribution >= 0.6 is 11.6 Å². The van der Waals surface area contributed by atoms with Gasteiger partial charge in [0.1, 0.15) is 0 Å². The third-order valence-corrected chi connectivity index (χ3v) is 2.97. The van der Waals surface area contributed by atoms with Gasteiger partial charge in [0.15, 0.2) is 5.82 Å². The molecule has 0 amide bonds. The molecule has 18 heavy (non-hydrogen) atoms. The van der Waals surface area contributed by atoms with Gasteiger partial charge in [-0.05, 0) is 12.1 Å². The second-order valence-corrected chi connectivity index (χ2v) is 5.13. The maximum Gasteiger partial charge on any atom is 0.259 e. The van der Waals surface area contributed by atoms with Gasteiger partial charge in [-0.15, -0.1) is 0 Å². The highest BCUT2D eigenvalue weighted by molar-refractivity contribution is 6.33. The molecule has 1 aromatic heterocycles. The molecule has 96 valence electrons. The van der Waals surface area contributed by atoms with Crippen molar-refractivity contribution in [3.8, 4) is 11.5 Å². The number of halogens is 1. The fourth-order valence-corrected chi connectivity index (χ4v) is 1.88. The molecule has 0 aliphatic carbocycles. The zero-order valence-electron chi connectivity index (χ0n) is 10.6. The van der Waals surface area contributed by atoms with Crippen LogP contribution in [0, 0.1) is 0 Å². The molecule has 0 saturated heterocycles. The number of benzene rings is 1. The van der Waals surface area contributed by atoms with Gasteiger partial charge in [0.25, 0.3) is 5.89 Å². The number of ether oxygens (including phenoxy) is 1. The van der Waals surface area contributed by atoms with Gasteiger partial charge in [-0.2, -0.15) is 4.98 Å². The number of nitrogens with zero attached hydrogens (tertiary/aromatic N) is 2. The third kappa shape index (κ3) is 2.54. The lowest BCUT2D eigenvalue weighted by Gasteiger charge is -2.18. The molecule has 0 aliphatic heterocycles. The Morgan fingerprint density at radius 3 is 2.72 bits per heavy atom. The molecule has 0 radical (unpaired) electrons. The largest absolute Gasteiger partial charge is 0.384 e. The fraction of sp³-hybridized carbons (Fsp3) is 0.385. The molecule has 0 fully saturated rings. The standard InChI is InChI=1S/C13H15ClN2O2/c1-13(2,8-17-3)12-15-11(18-16-12)9-6-4-5-7-10(9)14/h4-7H,8H2,1-3H3. The summed E-state index contributed by atoms with van der Waals surface area (Å²) in [6.07, 6.45) is 0. The molecule has 0 aliphatic rings. The van der Waals surface area contributed by atoms with E-state index in [0.29, 0.717) is 23.3 Å². The molecule has 1 aromatic carbocycles. The minimum atomic E-state index is -0.294. The highest BCUT2D eigenvalue weighted by atomic mass is 35.5. The summed E-state index contributed by atoms with van der Waals surface area (Å²) in [6.45, 7) is 4.52. The molecule has 4 nitrogen and oxygen atoms in total. The van der Waals surface area contributed by atoms with Gasteiger partial charge >= 0.3 is 0 Å². The number of hydrogen-bond acceptors (Lipinski definition) is 4. The van der Waals surface area contributed by atoms with Crippen molar-refractivity contribution in [3.05, 3.63) is 35.1 Å². The highest BCUT2D eigenvalue weighted by Gasteiger charge is 2.27. The maximum absolute atomic E-state index is 6.09. The third-order valence-electron chi connectivity index (χ3n) is 2.64. The van der Waals surface area contributed by atoms with Crippen molar-refractivity contribution in [1.29, 1.82) is 0 Å². The second kappa shape index (κ2) is 5.08. The quantitative estimate of drug-likeness (QED) is 0.852. The van der Waals surface area contributed by atoms with E-state index in [9.17, 15) is 0 Å². The van der Waals surface area contributed by atoms with Crippen molar-refractivity contribution < 1.29 is 9.26 Å². The lowest BCUT2D eigenvalue weighted by Crippen LogP contribution is -2.25. The molecule has 2 rings (SSSR count). The first-order chi connectivity index (χ1) is 8.54. The van der Waals surface area contributed by atoms with E-state index in [1.165, 1.54) is 0 Å². The smallest absolute Gasteiger partial charge is 0.259 e. The van der Waals surface area contributed by atoms with Crippen LogP contribution in [0.1, 0.15) is 19.7 Å². The summed E-state index contributed by atoms with van der Waals surface area (Å²) in [4.78, 5) is 4.39. The van der Waals surface area contributed by atoms with Gasteiger partial charge in [-0.25, -0.2) is 0 Å². The summed E-state index contributed by atoms with van der Waals surface area (Å²) in [6, 6.07) is 7.38. The molecule has 0 N–H and O–H groups in total. The van der Waals surface area contributed by atoms with Crippen LogP contribution in [0.3, 0.4) is 0 Å².